The molecule has 1 atom stereocenters. The number of hydrogen-bond donors (Lipinski definition) is 0. The normalized spacial score (nSPS) is 11.7. The second-order valence-corrected chi connectivity index (χ2v) is 7.26. The molecule has 0 radical (unpaired) electrons. The lowest BCUT2D eigenvalue weighted by molar-refractivity contribution is -0.148. The molecule has 1 unspecified atom stereocenters. The molecule has 3 heteroatoms. The van der Waals surface area contributed by atoms with Crippen molar-refractivity contribution in [3.05, 3.63) is 120 Å². The van der Waals surface area contributed by atoms with E-state index in [0.717, 1.165) is 21.9 Å². The number of carbonyl (C=O) groups excluding carboxylic acids is 2. The Morgan fingerprint density at radius 3 is 2.03 bits per heavy atom. The summed E-state index contributed by atoms with van der Waals surface area (Å²) >= 11 is 0. The van der Waals surface area contributed by atoms with Gasteiger partial charge in [-0.3, -0.25) is 9.59 Å². The molecule has 3 nitrogen and oxygen atoms in total. The zero-order chi connectivity index (χ0) is 20.8. The number of fused-ring (bicyclic) bond motifs is 1. The van der Waals surface area contributed by atoms with E-state index < -0.39 is 11.9 Å². The molecule has 0 aliphatic carbocycles. The minimum absolute atomic E-state index is 0.149. The summed E-state index contributed by atoms with van der Waals surface area (Å²) in [6.45, 7) is 0.149. The Kier molecular flexibility index (Phi) is 6.00. The van der Waals surface area contributed by atoms with Crippen molar-refractivity contribution in [3.8, 4) is 0 Å². The molecule has 4 aromatic carbocycles. The second kappa shape index (κ2) is 9.19. The number of carbonyl (C=O) groups is 2. The summed E-state index contributed by atoms with van der Waals surface area (Å²) in [6, 6.07) is 32.5. The molecule has 0 saturated heterocycles. The lowest BCUT2D eigenvalue weighted by Crippen LogP contribution is -2.28. The van der Waals surface area contributed by atoms with Gasteiger partial charge in [0.1, 0.15) is 12.5 Å². The van der Waals surface area contributed by atoms with E-state index in [9.17, 15) is 9.59 Å². The summed E-state index contributed by atoms with van der Waals surface area (Å²) in [4.78, 5) is 26.1. The van der Waals surface area contributed by atoms with Crippen molar-refractivity contribution in [1.82, 2.24) is 0 Å². The summed E-state index contributed by atoms with van der Waals surface area (Å²) < 4.78 is 5.53. The van der Waals surface area contributed by atoms with Gasteiger partial charge in [0.05, 0.1) is 0 Å². The van der Waals surface area contributed by atoms with Gasteiger partial charge in [-0.1, -0.05) is 103 Å². The van der Waals surface area contributed by atoms with Gasteiger partial charge in [-0.05, 0) is 28.3 Å². The van der Waals surface area contributed by atoms with Crippen molar-refractivity contribution in [2.24, 2.45) is 5.92 Å². The molecule has 0 heterocycles. The summed E-state index contributed by atoms with van der Waals surface area (Å²) in [5, 5.41) is 2.21. The van der Waals surface area contributed by atoms with E-state index in [1.54, 1.807) is 24.3 Å². The zero-order valence-corrected chi connectivity index (χ0v) is 16.5. The van der Waals surface area contributed by atoms with Gasteiger partial charge in [0.15, 0.2) is 5.78 Å². The van der Waals surface area contributed by atoms with Crippen molar-refractivity contribution in [2.75, 3.05) is 0 Å². The molecule has 0 aliphatic heterocycles. The number of ether oxygens (including phenoxy) is 1. The van der Waals surface area contributed by atoms with E-state index >= 15 is 0 Å². The first-order chi connectivity index (χ1) is 14.7. The van der Waals surface area contributed by atoms with Crippen LogP contribution < -0.4 is 0 Å². The highest BCUT2D eigenvalue weighted by Gasteiger charge is 2.29. The third kappa shape index (κ3) is 4.64. The summed E-state index contributed by atoms with van der Waals surface area (Å²) in [5.41, 5.74) is 2.34. The van der Waals surface area contributed by atoms with Crippen LogP contribution in [0.2, 0.25) is 0 Å². The maximum Gasteiger partial charge on any atom is 0.317 e. The molecule has 0 bridgehead atoms. The van der Waals surface area contributed by atoms with Crippen LogP contribution in [0.1, 0.15) is 21.5 Å². The maximum atomic E-state index is 13.2. The first-order valence-corrected chi connectivity index (χ1v) is 9.98. The highest BCUT2D eigenvalue weighted by molar-refractivity contribution is 6.08. The van der Waals surface area contributed by atoms with Gasteiger partial charge in [0.25, 0.3) is 0 Å². The Hall–Kier alpha value is -3.72. The smallest absolute Gasteiger partial charge is 0.317 e. The average Bonchev–Trinajstić information content (AvgIpc) is 2.81. The van der Waals surface area contributed by atoms with Gasteiger partial charge >= 0.3 is 5.97 Å². The van der Waals surface area contributed by atoms with E-state index in [1.165, 1.54) is 0 Å². The Morgan fingerprint density at radius 1 is 0.667 bits per heavy atom. The quantitative estimate of drug-likeness (QED) is 0.232. The topological polar surface area (TPSA) is 43.4 Å². The van der Waals surface area contributed by atoms with Gasteiger partial charge < -0.3 is 4.74 Å². The predicted molar refractivity (Wildman–Crippen MR) is 118 cm³/mol. The first kappa shape index (κ1) is 19.6. The van der Waals surface area contributed by atoms with Crippen molar-refractivity contribution >= 4 is 22.5 Å². The molecule has 0 saturated carbocycles. The lowest BCUT2D eigenvalue weighted by atomic mass is 9.90. The number of rotatable bonds is 7. The molecule has 0 N–H and O–H groups in total. The number of benzene rings is 4. The largest absolute Gasteiger partial charge is 0.460 e. The third-order valence-corrected chi connectivity index (χ3v) is 5.14. The molecule has 0 amide bonds. The van der Waals surface area contributed by atoms with E-state index in [0.29, 0.717) is 12.0 Å². The summed E-state index contributed by atoms with van der Waals surface area (Å²) in [6.07, 6.45) is 0.298. The fourth-order valence-corrected chi connectivity index (χ4v) is 3.52. The predicted octanol–water partition coefficient (Wildman–Crippen LogP) is 5.62. The van der Waals surface area contributed by atoms with Crippen LogP contribution in [0.15, 0.2) is 103 Å². The molecule has 0 spiro atoms. The zero-order valence-electron chi connectivity index (χ0n) is 16.5. The van der Waals surface area contributed by atoms with Gasteiger partial charge in [-0.15, -0.1) is 0 Å². The number of esters is 1. The molecule has 4 aromatic rings. The fourth-order valence-electron chi connectivity index (χ4n) is 3.52. The van der Waals surface area contributed by atoms with Crippen LogP contribution in [0, 0.1) is 5.92 Å². The SMILES string of the molecule is O=C(OCc1ccccc1)C(Cc1ccc2ccccc2c1)C(=O)c1ccccc1. The van der Waals surface area contributed by atoms with Crippen LogP contribution in [-0.2, 0) is 22.6 Å². The van der Waals surface area contributed by atoms with Crippen LogP contribution in [0.25, 0.3) is 10.8 Å². The van der Waals surface area contributed by atoms with Crippen LogP contribution in [0.3, 0.4) is 0 Å². The number of Topliss-reactive ketones (excluding diaryl/α,β-unsaturated/α-hetero) is 1. The third-order valence-electron chi connectivity index (χ3n) is 5.14. The monoisotopic (exact) mass is 394 g/mol. The molecule has 148 valence electrons. The lowest BCUT2D eigenvalue weighted by Gasteiger charge is -2.16. The van der Waals surface area contributed by atoms with E-state index in [-0.39, 0.29) is 12.4 Å². The number of hydrogen-bond acceptors (Lipinski definition) is 3. The minimum Gasteiger partial charge on any atom is -0.460 e. The average molecular weight is 394 g/mol. The first-order valence-electron chi connectivity index (χ1n) is 9.98. The van der Waals surface area contributed by atoms with Gasteiger partial charge in [-0.2, -0.15) is 0 Å². The van der Waals surface area contributed by atoms with Gasteiger partial charge in [0, 0.05) is 5.56 Å². The minimum atomic E-state index is -0.891. The van der Waals surface area contributed by atoms with E-state index in [1.807, 2.05) is 78.9 Å². The van der Waals surface area contributed by atoms with Crippen molar-refractivity contribution in [2.45, 2.75) is 13.0 Å². The van der Waals surface area contributed by atoms with Crippen LogP contribution in [-0.4, -0.2) is 11.8 Å². The highest BCUT2D eigenvalue weighted by Crippen LogP contribution is 2.21. The van der Waals surface area contributed by atoms with Crippen LogP contribution in [0.4, 0.5) is 0 Å². The molecule has 0 aliphatic rings. The van der Waals surface area contributed by atoms with Crippen LogP contribution in [0.5, 0.6) is 0 Å². The number of ketones is 1. The fraction of sp³-hybridized carbons (Fsp3) is 0.111. The molecule has 30 heavy (non-hydrogen) atoms. The van der Waals surface area contributed by atoms with Crippen LogP contribution >= 0.6 is 0 Å². The molecule has 0 aromatic heterocycles. The van der Waals surface area contributed by atoms with Crippen molar-refractivity contribution in [1.29, 1.82) is 0 Å². The van der Waals surface area contributed by atoms with Gasteiger partial charge in [-0.25, -0.2) is 0 Å². The maximum absolute atomic E-state index is 13.2. The van der Waals surface area contributed by atoms with Crippen molar-refractivity contribution in [3.63, 3.8) is 0 Å². The Bertz CT molecular complexity index is 1150. The van der Waals surface area contributed by atoms with E-state index in [2.05, 4.69) is 0 Å². The molecular weight excluding hydrogens is 372 g/mol. The highest BCUT2D eigenvalue weighted by atomic mass is 16.5. The standard InChI is InChI=1S/C27H22O3/c28-26(23-12-5-2-6-13-23)25(27(29)30-19-20-9-3-1-4-10-20)18-21-15-16-22-11-7-8-14-24(22)17-21/h1-17,25H,18-19H2. The Labute approximate surface area is 175 Å². The second-order valence-electron chi connectivity index (χ2n) is 7.26. The molecule has 0 fully saturated rings. The molecular formula is C27H22O3. The Morgan fingerprint density at radius 2 is 1.30 bits per heavy atom. The van der Waals surface area contributed by atoms with E-state index in [4.69, 9.17) is 4.74 Å². The summed E-state index contributed by atoms with van der Waals surface area (Å²) in [5.74, 6) is -1.61. The summed E-state index contributed by atoms with van der Waals surface area (Å²) in [7, 11) is 0. The van der Waals surface area contributed by atoms with Gasteiger partial charge in [0.2, 0.25) is 0 Å². The Balaban J connectivity index is 1.58. The van der Waals surface area contributed by atoms with Crippen molar-refractivity contribution < 1.29 is 14.3 Å². The molecule has 4 rings (SSSR count).